The molecule has 0 bridgehead atoms. The fourth-order valence-corrected chi connectivity index (χ4v) is 4.11. The fourth-order valence-electron chi connectivity index (χ4n) is 3.36. The van der Waals surface area contributed by atoms with Gasteiger partial charge in [0.05, 0.1) is 24.1 Å². The lowest BCUT2D eigenvalue weighted by Gasteiger charge is -2.33. The van der Waals surface area contributed by atoms with Crippen LogP contribution in [0.5, 0.6) is 0 Å². The van der Waals surface area contributed by atoms with Crippen molar-refractivity contribution < 1.29 is 5.11 Å². The molecule has 3 aromatic heterocycles. The summed E-state index contributed by atoms with van der Waals surface area (Å²) in [4.78, 5) is 11.6. The Kier molecular flexibility index (Phi) is 5.35. The van der Waals surface area contributed by atoms with Crippen molar-refractivity contribution in [2.24, 2.45) is 13.0 Å². The van der Waals surface area contributed by atoms with E-state index in [1.54, 1.807) is 16.0 Å². The highest BCUT2D eigenvalue weighted by atomic mass is 32.1. The average Bonchev–Trinajstić information content (AvgIpc) is 3.35. The van der Waals surface area contributed by atoms with E-state index in [0.29, 0.717) is 12.5 Å². The van der Waals surface area contributed by atoms with Gasteiger partial charge >= 0.3 is 0 Å². The van der Waals surface area contributed by atoms with Crippen molar-refractivity contribution >= 4 is 22.8 Å². The Bertz CT molecular complexity index is 884. The average molecular weight is 385 g/mol. The number of aromatic nitrogens is 4. The van der Waals surface area contributed by atoms with E-state index in [0.717, 1.165) is 53.7 Å². The Morgan fingerprint density at radius 1 is 1.33 bits per heavy atom. The molecule has 1 aliphatic heterocycles. The largest absolute Gasteiger partial charge is 0.396 e. The minimum atomic E-state index is 0.282. The minimum Gasteiger partial charge on any atom is -0.396 e. The van der Waals surface area contributed by atoms with E-state index in [1.807, 2.05) is 31.7 Å². The van der Waals surface area contributed by atoms with Crippen LogP contribution in [0.25, 0.3) is 11.3 Å². The quantitative estimate of drug-likeness (QED) is 0.680. The SMILES string of the molecule is Cn1cc(-c2csc(CNc3cccnc3N3CCC(CO)CC3)n2)cn1. The maximum atomic E-state index is 9.34. The van der Waals surface area contributed by atoms with Crippen LogP contribution in [0.15, 0.2) is 36.1 Å². The number of nitrogens with zero attached hydrogens (tertiary/aromatic N) is 5. The lowest BCUT2D eigenvalue weighted by atomic mass is 9.98. The van der Waals surface area contributed by atoms with E-state index in [4.69, 9.17) is 4.98 Å². The summed E-state index contributed by atoms with van der Waals surface area (Å²) in [5.74, 6) is 1.40. The molecule has 2 N–H and O–H groups in total. The van der Waals surface area contributed by atoms with Crippen molar-refractivity contribution in [2.45, 2.75) is 19.4 Å². The lowest BCUT2D eigenvalue weighted by molar-refractivity contribution is 0.203. The zero-order chi connectivity index (χ0) is 18.6. The van der Waals surface area contributed by atoms with Gasteiger partial charge in [-0.15, -0.1) is 11.3 Å². The van der Waals surface area contributed by atoms with E-state index >= 15 is 0 Å². The number of hydrogen-bond acceptors (Lipinski definition) is 7. The molecule has 7 nitrogen and oxygen atoms in total. The van der Waals surface area contributed by atoms with E-state index in [2.05, 4.69) is 31.7 Å². The first-order valence-corrected chi connectivity index (χ1v) is 10.1. The smallest absolute Gasteiger partial charge is 0.151 e. The number of aliphatic hydroxyl groups excluding tert-OH is 1. The molecule has 3 aromatic rings. The molecule has 0 atom stereocenters. The second kappa shape index (κ2) is 8.06. The molecule has 0 unspecified atom stereocenters. The van der Waals surface area contributed by atoms with Crippen LogP contribution in [0.1, 0.15) is 17.8 Å². The van der Waals surface area contributed by atoms with Gasteiger partial charge in [0.2, 0.25) is 0 Å². The third kappa shape index (κ3) is 4.12. The zero-order valence-corrected chi connectivity index (χ0v) is 16.2. The van der Waals surface area contributed by atoms with Gasteiger partial charge in [-0.3, -0.25) is 4.68 Å². The second-order valence-electron chi connectivity index (χ2n) is 6.87. The van der Waals surface area contributed by atoms with Crippen LogP contribution < -0.4 is 10.2 Å². The van der Waals surface area contributed by atoms with Crippen LogP contribution in [-0.4, -0.2) is 44.6 Å². The first-order valence-electron chi connectivity index (χ1n) is 9.21. The summed E-state index contributed by atoms with van der Waals surface area (Å²) in [5.41, 5.74) is 3.02. The molecule has 0 amide bonds. The molecular formula is C19H24N6OS. The van der Waals surface area contributed by atoms with Crippen molar-refractivity contribution in [1.29, 1.82) is 0 Å². The standard InChI is InChI=1S/C19H24N6OS/c1-24-11-15(9-22-24)17-13-27-18(23-17)10-21-16-3-2-6-20-19(16)25-7-4-14(12-26)5-8-25/h2-3,6,9,11,13-14,21,26H,4-5,7-8,10,12H2,1H3. The van der Waals surface area contributed by atoms with Crippen LogP contribution in [0.4, 0.5) is 11.5 Å². The van der Waals surface area contributed by atoms with Crippen molar-refractivity contribution in [1.82, 2.24) is 19.7 Å². The van der Waals surface area contributed by atoms with Gasteiger partial charge in [-0.2, -0.15) is 5.10 Å². The Morgan fingerprint density at radius 2 is 2.19 bits per heavy atom. The number of rotatable bonds is 6. The highest BCUT2D eigenvalue weighted by Gasteiger charge is 2.21. The van der Waals surface area contributed by atoms with Crippen LogP contribution >= 0.6 is 11.3 Å². The molecular weight excluding hydrogens is 360 g/mol. The molecule has 0 spiro atoms. The summed E-state index contributed by atoms with van der Waals surface area (Å²) < 4.78 is 1.79. The highest BCUT2D eigenvalue weighted by molar-refractivity contribution is 7.09. The minimum absolute atomic E-state index is 0.282. The van der Waals surface area contributed by atoms with E-state index in [1.165, 1.54) is 0 Å². The highest BCUT2D eigenvalue weighted by Crippen LogP contribution is 2.28. The molecule has 0 saturated carbocycles. The Labute approximate surface area is 162 Å². The predicted octanol–water partition coefficient (Wildman–Crippen LogP) is 2.76. The van der Waals surface area contributed by atoms with Crippen molar-refractivity contribution in [3.05, 3.63) is 41.1 Å². The van der Waals surface area contributed by atoms with Crippen molar-refractivity contribution in [2.75, 3.05) is 29.9 Å². The molecule has 27 heavy (non-hydrogen) atoms. The molecule has 4 heterocycles. The zero-order valence-electron chi connectivity index (χ0n) is 15.4. The lowest BCUT2D eigenvalue weighted by Crippen LogP contribution is -2.35. The summed E-state index contributed by atoms with van der Waals surface area (Å²) >= 11 is 1.65. The number of hydrogen-bond donors (Lipinski definition) is 2. The molecule has 4 rings (SSSR count). The summed E-state index contributed by atoms with van der Waals surface area (Å²) in [7, 11) is 1.91. The molecule has 0 aliphatic carbocycles. The van der Waals surface area contributed by atoms with Crippen LogP contribution in [-0.2, 0) is 13.6 Å². The van der Waals surface area contributed by atoms with Crippen molar-refractivity contribution in [3.63, 3.8) is 0 Å². The van der Waals surface area contributed by atoms with E-state index < -0.39 is 0 Å². The molecule has 142 valence electrons. The molecule has 0 aromatic carbocycles. The van der Waals surface area contributed by atoms with Gasteiger partial charge in [0, 0.05) is 50.1 Å². The van der Waals surface area contributed by atoms with Gasteiger partial charge < -0.3 is 15.3 Å². The maximum Gasteiger partial charge on any atom is 0.151 e. The molecule has 8 heteroatoms. The normalized spacial score (nSPS) is 15.3. The van der Waals surface area contributed by atoms with Gasteiger partial charge in [0.15, 0.2) is 5.82 Å². The molecule has 0 radical (unpaired) electrons. The summed E-state index contributed by atoms with van der Waals surface area (Å²) in [6.45, 7) is 2.81. The van der Waals surface area contributed by atoms with Gasteiger partial charge in [0.1, 0.15) is 5.01 Å². The Morgan fingerprint density at radius 3 is 2.93 bits per heavy atom. The summed E-state index contributed by atoms with van der Waals surface area (Å²) in [6, 6.07) is 4.02. The first-order chi connectivity index (χ1) is 13.2. The number of piperidine rings is 1. The summed E-state index contributed by atoms with van der Waals surface area (Å²) in [6.07, 6.45) is 7.66. The predicted molar refractivity (Wildman–Crippen MR) is 108 cm³/mol. The van der Waals surface area contributed by atoms with Gasteiger partial charge in [-0.05, 0) is 30.9 Å². The number of anilines is 2. The first kappa shape index (κ1) is 17.9. The monoisotopic (exact) mass is 384 g/mol. The van der Waals surface area contributed by atoms with Gasteiger partial charge in [0.25, 0.3) is 0 Å². The maximum absolute atomic E-state index is 9.34. The topological polar surface area (TPSA) is 79.1 Å². The number of nitrogens with one attached hydrogen (secondary N) is 1. The third-order valence-corrected chi connectivity index (χ3v) is 5.79. The third-order valence-electron chi connectivity index (χ3n) is 4.94. The van der Waals surface area contributed by atoms with Crippen LogP contribution in [0.2, 0.25) is 0 Å². The fraction of sp³-hybridized carbons (Fsp3) is 0.421. The van der Waals surface area contributed by atoms with E-state index in [-0.39, 0.29) is 6.61 Å². The van der Waals surface area contributed by atoms with Crippen molar-refractivity contribution in [3.8, 4) is 11.3 Å². The number of aryl methyl sites for hydroxylation is 1. The molecule has 1 aliphatic rings. The van der Waals surface area contributed by atoms with Gasteiger partial charge in [-0.1, -0.05) is 0 Å². The molecule has 1 saturated heterocycles. The number of aliphatic hydroxyl groups is 1. The molecule has 1 fully saturated rings. The summed E-state index contributed by atoms with van der Waals surface area (Å²) in [5, 5.41) is 20.1. The van der Waals surface area contributed by atoms with Gasteiger partial charge in [-0.25, -0.2) is 9.97 Å². The number of pyridine rings is 1. The second-order valence-corrected chi connectivity index (χ2v) is 7.81. The number of thiazole rings is 1. The Hall–Kier alpha value is -2.45. The Balaban J connectivity index is 1.42. The van der Waals surface area contributed by atoms with Crippen LogP contribution in [0.3, 0.4) is 0 Å². The van der Waals surface area contributed by atoms with Crippen LogP contribution in [0, 0.1) is 5.92 Å². The van der Waals surface area contributed by atoms with E-state index in [9.17, 15) is 5.11 Å².